The summed E-state index contributed by atoms with van der Waals surface area (Å²) in [7, 11) is 0. The first-order valence-corrected chi connectivity index (χ1v) is 9.56. The van der Waals surface area contributed by atoms with E-state index in [1.165, 1.54) is 0 Å². The zero-order valence-electron chi connectivity index (χ0n) is 14.8. The second-order valence-electron chi connectivity index (χ2n) is 7.45. The summed E-state index contributed by atoms with van der Waals surface area (Å²) in [6, 6.07) is 6.18. The number of fused-ring (bicyclic) bond motifs is 2. The number of ether oxygens (including phenoxy) is 1. The number of carbonyl (C=O) groups is 1. The number of amides is 1. The highest BCUT2D eigenvalue weighted by atomic mass is 32.2. The lowest BCUT2D eigenvalue weighted by Gasteiger charge is -2.38. The van der Waals surface area contributed by atoms with Gasteiger partial charge in [0.05, 0.1) is 19.0 Å². The van der Waals surface area contributed by atoms with Gasteiger partial charge in [-0.2, -0.15) is 0 Å². The lowest BCUT2D eigenvalue weighted by atomic mass is 9.89. The Morgan fingerprint density at radius 1 is 1.48 bits per heavy atom. The fourth-order valence-corrected chi connectivity index (χ4v) is 4.57. The molecule has 3 aliphatic rings. The van der Waals surface area contributed by atoms with E-state index < -0.39 is 0 Å². The van der Waals surface area contributed by atoms with Crippen LogP contribution in [0, 0.1) is 6.92 Å². The summed E-state index contributed by atoms with van der Waals surface area (Å²) in [5.74, 6) is 0.931. The number of hydrogen-bond donors (Lipinski definition) is 1. The Labute approximate surface area is 152 Å². The standard InChI is InChI=1S/C19H23N3O2S/c1-12-4-5-14-15(10-19(2,3)24-16(14)8-12)21-17(23)9-13-11-25-18-20-6-7-22(13)18/h4-5,8,11,15H,6-7,9-10H2,1-3H3,(H,21,23). The minimum atomic E-state index is -0.296. The van der Waals surface area contributed by atoms with E-state index in [0.29, 0.717) is 6.42 Å². The largest absolute Gasteiger partial charge is 0.487 e. The first-order chi connectivity index (χ1) is 11.9. The van der Waals surface area contributed by atoms with Crippen molar-refractivity contribution in [1.82, 2.24) is 10.2 Å². The van der Waals surface area contributed by atoms with Gasteiger partial charge in [0.15, 0.2) is 5.17 Å². The summed E-state index contributed by atoms with van der Waals surface area (Å²) in [4.78, 5) is 19.3. The molecule has 1 aromatic rings. The molecule has 0 radical (unpaired) electrons. The van der Waals surface area contributed by atoms with E-state index in [2.05, 4.69) is 54.2 Å². The summed E-state index contributed by atoms with van der Waals surface area (Å²) in [5, 5.41) is 6.29. The zero-order valence-corrected chi connectivity index (χ0v) is 15.7. The van der Waals surface area contributed by atoms with Gasteiger partial charge in [-0.15, -0.1) is 0 Å². The first-order valence-electron chi connectivity index (χ1n) is 8.68. The molecule has 0 spiro atoms. The molecule has 0 saturated heterocycles. The number of amidine groups is 1. The van der Waals surface area contributed by atoms with Gasteiger partial charge in [-0.05, 0) is 37.8 Å². The maximum absolute atomic E-state index is 12.7. The third kappa shape index (κ3) is 3.27. The molecule has 4 rings (SSSR count). The quantitative estimate of drug-likeness (QED) is 0.901. The summed E-state index contributed by atoms with van der Waals surface area (Å²) >= 11 is 1.61. The molecule has 0 aromatic heterocycles. The molecule has 5 nitrogen and oxygen atoms in total. The maximum atomic E-state index is 12.7. The molecular weight excluding hydrogens is 334 g/mol. The summed E-state index contributed by atoms with van der Waals surface area (Å²) in [6.07, 6.45) is 1.16. The molecule has 0 bridgehead atoms. The molecule has 0 aliphatic carbocycles. The molecule has 1 aromatic carbocycles. The lowest BCUT2D eigenvalue weighted by molar-refractivity contribution is -0.121. The van der Waals surface area contributed by atoms with Gasteiger partial charge in [0, 0.05) is 24.2 Å². The predicted molar refractivity (Wildman–Crippen MR) is 101 cm³/mol. The minimum Gasteiger partial charge on any atom is -0.487 e. The van der Waals surface area contributed by atoms with Crippen molar-refractivity contribution >= 4 is 22.8 Å². The number of hydrogen-bond acceptors (Lipinski definition) is 5. The second kappa shape index (κ2) is 6.09. The Kier molecular flexibility index (Phi) is 4.02. The van der Waals surface area contributed by atoms with Crippen LogP contribution >= 0.6 is 11.8 Å². The van der Waals surface area contributed by atoms with Crippen LogP contribution in [0.25, 0.3) is 0 Å². The van der Waals surface area contributed by atoms with Crippen LogP contribution in [0.4, 0.5) is 0 Å². The second-order valence-corrected chi connectivity index (χ2v) is 8.28. The van der Waals surface area contributed by atoms with Gasteiger partial charge >= 0.3 is 0 Å². The van der Waals surface area contributed by atoms with Gasteiger partial charge in [0.1, 0.15) is 11.4 Å². The molecule has 3 heterocycles. The maximum Gasteiger partial charge on any atom is 0.226 e. The predicted octanol–water partition coefficient (Wildman–Crippen LogP) is 3.36. The number of nitrogens with zero attached hydrogens (tertiary/aromatic N) is 2. The van der Waals surface area contributed by atoms with Crippen molar-refractivity contribution in [3.05, 3.63) is 40.4 Å². The van der Waals surface area contributed by atoms with Crippen molar-refractivity contribution in [2.24, 2.45) is 4.99 Å². The van der Waals surface area contributed by atoms with Gasteiger partial charge in [-0.1, -0.05) is 23.9 Å². The highest BCUT2D eigenvalue weighted by Gasteiger charge is 2.35. The Morgan fingerprint density at radius 2 is 2.32 bits per heavy atom. The third-order valence-electron chi connectivity index (χ3n) is 4.75. The van der Waals surface area contributed by atoms with E-state index >= 15 is 0 Å². The van der Waals surface area contributed by atoms with E-state index in [4.69, 9.17) is 4.74 Å². The summed E-state index contributed by atoms with van der Waals surface area (Å²) in [5.41, 5.74) is 2.98. The average molecular weight is 357 g/mol. The van der Waals surface area contributed by atoms with Gasteiger partial charge in [-0.25, -0.2) is 0 Å². The van der Waals surface area contributed by atoms with Crippen molar-refractivity contribution in [2.75, 3.05) is 13.1 Å². The van der Waals surface area contributed by atoms with Crippen LogP contribution < -0.4 is 10.1 Å². The van der Waals surface area contributed by atoms with Gasteiger partial charge in [0.2, 0.25) is 5.91 Å². The van der Waals surface area contributed by atoms with Gasteiger partial charge in [-0.3, -0.25) is 9.79 Å². The molecule has 6 heteroatoms. The van der Waals surface area contributed by atoms with Crippen LogP contribution in [0.5, 0.6) is 5.75 Å². The Balaban J connectivity index is 1.49. The molecule has 3 aliphatic heterocycles. The van der Waals surface area contributed by atoms with Crippen LogP contribution in [0.15, 0.2) is 34.3 Å². The third-order valence-corrected chi connectivity index (χ3v) is 5.70. The van der Waals surface area contributed by atoms with E-state index in [1.54, 1.807) is 11.8 Å². The number of benzene rings is 1. The number of aliphatic imine (C=N–C) groups is 1. The SMILES string of the molecule is Cc1ccc2c(c1)OC(C)(C)CC2NC(=O)CC1=CSC2=NCCN12. The normalized spacial score (nSPS) is 23.3. The van der Waals surface area contributed by atoms with E-state index in [9.17, 15) is 4.79 Å². The van der Waals surface area contributed by atoms with Gasteiger partial charge in [0.25, 0.3) is 0 Å². The van der Waals surface area contributed by atoms with E-state index in [1.807, 2.05) is 5.41 Å². The summed E-state index contributed by atoms with van der Waals surface area (Å²) in [6.45, 7) is 7.90. The Morgan fingerprint density at radius 3 is 3.16 bits per heavy atom. The van der Waals surface area contributed by atoms with E-state index in [0.717, 1.165) is 47.3 Å². The molecule has 1 amide bonds. The van der Waals surface area contributed by atoms with Crippen LogP contribution in [0.2, 0.25) is 0 Å². The minimum absolute atomic E-state index is 0.0202. The van der Waals surface area contributed by atoms with Crippen molar-refractivity contribution in [3.8, 4) is 5.75 Å². The monoisotopic (exact) mass is 357 g/mol. The molecular formula is C19H23N3O2S. The lowest BCUT2D eigenvalue weighted by Crippen LogP contribution is -2.41. The fourth-order valence-electron chi connectivity index (χ4n) is 3.61. The number of nitrogens with one attached hydrogen (secondary N) is 1. The molecule has 1 N–H and O–H groups in total. The fraction of sp³-hybridized carbons (Fsp3) is 0.474. The molecule has 0 saturated carbocycles. The highest BCUT2D eigenvalue weighted by molar-refractivity contribution is 8.16. The first kappa shape index (κ1) is 16.5. The van der Waals surface area contributed by atoms with Crippen molar-refractivity contribution in [3.63, 3.8) is 0 Å². The molecule has 25 heavy (non-hydrogen) atoms. The Hall–Kier alpha value is -1.95. The topological polar surface area (TPSA) is 53.9 Å². The molecule has 132 valence electrons. The van der Waals surface area contributed by atoms with Gasteiger partial charge < -0.3 is 15.0 Å². The number of carbonyl (C=O) groups excluding carboxylic acids is 1. The van der Waals surface area contributed by atoms with Crippen LogP contribution in [0.1, 0.15) is 43.9 Å². The highest BCUT2D eigenvalue weighted by Crippen LogP contribution is 2.40. The smallest absolute Gasteiger partial charge is 0.226 e. The van der Waals surface area contributed by atoms with Crippen molar-refractivity contribution in [1.29, 1.82) is 0 Å². The summed E-state index contributed by atoms with van der Waals surface area (Å²) < 4.78 is 6.11. The zero-order chi connectivity index (χ0) is 17.6. The van der Waals surface area contributed by atoms with Crippen molar-refractivity contribution in [2.45, 2.75) is 45.3 Å². The van der Waals surface area contributed by atoms with Crippen molar-refractivity contribution < 1.29 is 9.53 Å². The average Bonchev–Trinajstić information content (AvgIpc) is 3.10. The molecule has 1 unspecified atom stereocenters. The van der Waals surface area contributed by atoms with Crippen LogP contribution in [-0.2, 0) is 4.79 Å². The molecule has 1 atom stereocenters. The van der Waals surface area contributed by atoms with E-state index in [-0.39, 0.29) is 17.6 Å². The Bertz CT molecular complexity index is 785. The molecule has 0 fully saturated rings. The van der Waals surface area contributed by atoms with Crippen LogP contribution in [0.3, 0.4) is 0 Å². The number of rotatable bonds is 3. The number of thioether (sulfide) groups is 1. The number of aryl methyl sites for hydroxylation is 1. The van der Waals surface area contributed by atoms with Crippen LogP contribution in [-0.4, -0.2) is 34.7 Å².